The summed E-state index contributed by atoms with van der Waals surface area (Å²) in [4.78, 5) is 2.64. The number of nitrogens with zero attached hydrogens (tertiary/aromatic N) is 1. The second kappa shape index (κ2) is 4.93. The Balaban J connectivity index is 1.69. The Morgan fingerprint density at radius 3 is 2.13 bits per heavy atom. The van der Waals surface area contributed by atoms with E-state index >= 15 is 0 Å². The first-order valence-corrected chi connectivity index (χ1v) is 8.83. The smallest absolute Gasteiger partial charge is 0.0594 e. The van der Waals surface area contributed by atoms with Gasteiger partial charge in [-0.1, -0.05) is 48.5 Å². The zero-order valence-electron chi connectivity index (χ0n) is 13.7. The minimum absolute atomic E-state index is 0.162. The molecule has 1 saturated heterocycles. The van der Waals surface area contributed by atoms with Crippen molar-refractivity contribution in [2.75, 3.05) is 26.3 Å². The van der Waals surface area contributed by atoms with Crippen LogP contribution in [0.2, 0.25) is 0 Å². The van der Waals surface area contributed by atoms with Gasteiger partial charge in [0.1, 0.15) is 0 Å². The molecule has 1 heterocycles. The van der Waals surface area contributed by atoms with E-state index in [1.54, 1.807) is 22.3 Å². The maximum atomic E-state index is 5.59. The number of rotatable bonds is 2. The number of hydrogen-bond donors (Lipinski definition) is 0. The van der Waals surface area contributed by atoms with Gasteiger partial charge in [0.25, 0.3) is 0 Å². The van der Waals surface area contributed by atoms with Crippen LogP contribution in [0.5, 0.6) is 0 Å². The van der Waals surface area contributed by atoms with Crippen molar-refractivity contribution in [3.8, 4) is 0 Å². The zero-order valence-corrected chi connectivity index (χ0v) is 13.7. The molecule has 1 fully saturated rings. The topological polar surface area (TPSA) is 12.5 Å². The number of fused-ring (bicyclic) bond motifs is 8. The van der Waals surface area contributed by atoms with Crippen LogP contribution in [0.25, 0.3) is 0 Å². The maximum absolute atomic E-state index is 5.59. The van der Waals surface area contributed by atoms with Crippen molar-refractivity contribution >= 4 is 0 Å². The van der Waals surface area contributed by atoms with Crippen molar-refractivity contribution < 1.29 is 4.74 Å². The molecule has 0 spiro atoms. The van der Waals surface area contributed by atoms with Crippen molar-refractivity contribution in [3.63, 3.8) is 0 Å². The molecule has 1 unspecified atom stereocenters. The summed E-state index contributed by atoms with van der Waals surface area (Å²) in [6, 6.07) is 18.8. The molecule has 0 amide bonds. The number of morpholine rings is 1. The van der Waals surface area contributed by atoms with Crippen molar-refractivity contribution in [1.82, 2.24) is 4.90 Å². The lowest BCUT2D eigenvalue weighted by Gasteiger charge is -2.44. The summed E-state index contributed by atoms with van der Waals surface area (Å²) in [6.45, 7) is 6.28. The van der Waals surface area contributed by atoms with Crippen LogP contribution in [0.3, 0.4) is 0 Å². The molecule has 0 saturated carbocycles. The summed E-state index contributed by atoms with van der Waals surface area (Å²) in [7, 11) is 0. The highest BCUT2D eigenvalue weighted by atomic mass is 16.5. The van der Waals surface area contributed by atoms with Crippen LogP contribution in [-0.2, 0) is 10.2 Å². The highest BCUT2D eigenvalue weighted by molar-refractivity contribution is 5.63. The van der Waals surface area contributed by atoms with Crippen LogP contribution in [-0.4, -0.2) is 37.2 Å². The number of ether oxygens (including phenoxy) is 1. The van der Waals surface area contributed by atoms with Crippen LogP contribution in [0, 0.1) is 0 Å². The lowest BCUT2D eigenvalue weighted by molar-refractivity contribution is 0.00674. The van der Waals surface area contributed by atoms with Crippen LogP contribution in [0.1, 0.15) is 41.5 Å². The first-order chi connectivity index (χ1) is 11.3. The lowest BCUT2D eigenvalue weighted by atomic mass is 9.70. The van der Waals surface area contributed by atoms with E-state index in [-0.39, 0.29) is 5.41 Å². The lowest BCUT2D eigenvalue weighted by Crippen LogP contribution is -2.52. The largest absolute Gasteiger partial charge is 0.379 e. The summed E-state index contributed by atoms with van der Waals surface area (Å²) < 4.78 is 5.59. The van der Waals surface area contributed by atoms with Crippen molar-refractivity contribution in [2.24, 2.45) is 0 Å². The summed E-state index contributed by atoms with van der Waals surface area (Å²) in [5, 5.41) is 0. The molecule has 118 valence electrons. The first-order valence-electron chi connectivity index (χ1n) is 8.83. The normalized spacial score (nSPS) is 30.0. The fourth-order valence-electron chi connectivity index (χ4n) is 5.39. The zero-order chi connectivity index (χ0) is 15.4. The van der Waals surface area contributed by atoms with E-state index in [0.717, 1.165) is 26.3 Å². The maximum Gasteiger partial charge on any atom is 0.0594 e. The molecule has 1 aliphatic heterocycles. The minimum Gasteiger partial charge on any atom is -0.379 e. The quantitative estimate of drug-likeness (QED) is 0.841. The van der Waals surface area contributed by atoms with E-state index in [1.807, 2.05) is 0 Å². The molecule has 2 bridgehead atoms. The van der Waals surface area contributed by atoms with E-state index in [9.17, 15) is 0 Å². The van der Waals surface area contributed by atoms with Gasteiger partial charge < -0.3 is 4.74 Å². The van der Waals surface area contributed by atoms with Crippen LogP contribution >= 0.6 is 0 Å². The molecule has 2 aromatic rings. The number of benzene rings is 2. The van der Waals surface area contributed by atoms with Crippen molar-refractivity contribution in [3.05, 3.63) is 70.8 Å². The molecule has 2 nitrogen and oxygen atoms in total. The van der Waals surface area contributed by atoms with Crippen LogP contribution in [0.15, 0.2) is 48.5 Å². The Kier molecular flexibility index (Phi) is 2.95. The van der Waals surface area contributed by atoms with Gasteiger partial charge in [0.05, 0.1) is 13.2 Å². The molecule has 23 heavy (non-hydrogen) atoms. The summed E-state index contributed by atoms with van der Waals surface area (Å²) in [6.07, 6.45) is 1.24. The Morgan fingerprint density at radius 1 is 0.957 bits per heavy atom. The second-order valence-corrected chi connectivity index (χ2v) is 7.23. The Bertz CT molecular complexity index is 700. The molecule has 0 N–H and O–H groups in total. The Hall–Kier alpha value is -1.64. The predicted octanol–water partition coefficient (Wildman–Crippen LogP) is 3.54. The molecular weight excluding hydrogens is 282 g/mol. The highest BCUT2D eigenvalue weighted by Gasteiger charge is 2.56. The van der Waals surface area contributed by atoms with Gasteiger partial charge in [0, 0.05) is 30.5 Å². The average Bonchev–Trinajstić information content (AvgIpc) is 3.16. The molecule has 5 rings (SSSR count). The van der Waals surface area contributed by atoms with E-state index in [1.165, 1.54) is 6.42 Å². The van der Waals surface area contributed by atoms with Gasteiger partial charge in [-0.2, -0.15) is 0 Å². The highest BCUT2D eigenvalue weighted by Crippen LogP contribution is 2.62. The van der Waals surface area contributed by atoms with Gasteiger partial charge in [-0.15, -0.1) is 0 Å². The molecule has 0 radical (unpaired) electrons. The number of hydrogen-bond acceptors (Lipinski definition) is 2. The third-order valence-corrected chi connectivity index (χ3v) is 6.47. The molecular formula is C21H23NO. The van der Waals surface area contributed by atoms with Gasteiger partial charge in [-0.25, -0.2) is 0 Å². The predicted molar refractivity (Wildman–Crippen MR) is 92.0 cm³/mol. The van der Waals surface area contributed by atoms with Crippen molar-refractivity contribution in [2.45, 2.75) is 30.7 Å². The van der Waals surface area contributed by atoms with Crippen molar-refractivity contribution in [1.29, 1.82) is 0 Å². The molecule has 1 atom stereocenters. The summed E-state index contributed by atoms with van der Waals surface area (Å²) in [5.41, 5.74) is 6.43. The van der Waals surface area contributed by atoms with Crippen LogP contribution in [0.4, 0.5) is 0 Å². The minimum atomic E-state index is 0.162. The third kappa shape index (κ3) is 1.71. The average molecular weight is 305 g/mol. The van der Waals surface area contributed by atoms with E-state index in [0.29, 0.717) is 12.0 Å². The van der Waals surface area contributed by atoms with E-state index in [2.05, 4.69) is 60.4 Å². The molecule has 2 aromatic carbocycles. The van der Waals surface area contributed by atoms with Gasteiger partial charge in [-0.3, -0.25) is 4.90 Å². The van der Waals surface area contributed by atoms with Gasteiger partial charge in [-0.05, 0) is 35.6 Å². The fraction of sp³-hybridized carbons (Fsp3) is 0.429. The molecule has 0 aromatic heterocycles. The van der Waals surface area contributed by atoms with Gasteiger partial charge in [0.15, 0.2) is 0 Å². The molecule has 3 aliphatic rings. The van der Waals surface area contributed by atoms with Gasteiger partial charge >= 0.3 is 0 Å². The monoisotopic (exact) mass is 305 g/mol. The Labute approximate surface area is 138 Å². The SMILES string of the molecule is CC(N1CCOCC1)C12CC(c3ccccc31)c1ccccc12. The first kappa shape index (κ1) is 13.8. The van der Waals surface area contributed by atoms with E-state index < -0.39 is 0 Å². The molecule has 2 heteroatoms. The van der Waals surface area contributed by atoms with Crippen LogP contribution < -0.4 is 0 Å². The Morgan fingerprint density at radius 2 is 1.52 bits per heavy atom. The standard InChI is InChI=1S/C21H23NO/c1-15(22-10-12-23-13-11-22)21-14-18(16-6-2-4-8-19(16)21)17-7-3-5-9-20(17)21/h2-9,15,18H,10-14H2,1H3. The second-order valence-electron chi connectivity index (χ2n) is 7.23. The van der Waals surface area contributed by atoms with E-state index in [4.69, 9.17) is 4.74 Å². The summed E-state index contributed by atoms with van der Waals surface area (Å²) in [5.74, 6) is 0.589. The van der Waals surface area contributed by atoms with Gasteiger partial charge in [0.2, 0.25) is 0 Å². The summed E-state index contributed by atoms with van der Waals surface area (Å²) >= 11 is 0. The fourth-order valence-corrected chi connectivity index (χ4v) is 5.39. The molecule has 2 aliphatic carbocycles. The third-order valence-electron chi connectivity index (χ3n) is 6.47.